The van der Waals surface area contributed by atoms with Crippen LogP contribution in [0.4, 0.5) is 0 Å². The Morgan fingerprint density at radius 3 is 2.58 bits per heavy atom. The molecule has 0 radical (unpaired) electrons. The molecule has 0 saturated heterocycles. The standard InChI is InChI=1S/C21H21NO2/c1-21(2)11-17-20(18(23)12-21)16(10-19(24)22-17)15-9-5-7-13-6-3-4-8-14(13)15/h3-9,16H,10-12H2,1-2H3,(H,22,24). The lowest BCUT2D eigenvalue weighted by atomic mass is 9.69. The van der Waals surface area contributed by atoms with E-state index >= 15 is 0 Å². The fourth-order valence-electron chi connectivity index (χ4n) is 4.18. The van der Waals surface area contributed by atoms with Gasteiger partial charge in [0.15, 0.2) is 5.78 Å². The van der Waals surface area contributed by atoms with Crippen LogP contribution in [0.3, 0.4) is 0 Å². The van der Waals surface area contributed by atoms with Gasteiger partial charge in [-0.25, -0.2) is 0 Å². The van der Waals surface area contributed by atoms with Gasteiger partial charge in [0.1, 0.15) is 0 Å². The van der Waals surface area contributed by atoms with Gasteiger partial charge >= 0.3 is 0 Å². The molecule has 1 heterocycles. The van der Waals surface area contributed by atoms with Gasteiger partial charge < -0.3 is 5.32 Å². The van der Waals surface area contributed by atoms with E-state index in [0.29, 0.717) is 12.8 Å². The van der Waals surface area contributed by atoms with Crippen molar-refractivity contribution in [3.63, 3.8) is 0 Å². The van der Waals surface area contributed by atoms with Gasteiger partial charge in [0.2, 0.25) is 5.91 Å². The molecule has 0 spiro atoms. The van der Waals surface area contributed by atoms with Crippen molar-refractivity contribution in [2.75, 3.05) is 0 Å². The quantitative estimate of drug-likeness (QED) is 0.860. The van der Waals surface area contributed by atoms with Crippen molar-refractivity contribution in [1.82, 2.24) is 5.32 Å². The monoisotopic (exact) mass is 319 g/mol. The van der Waals surface area contributed by atoms with Crippen LogP contribution in [0, 0.1) is 5.41 Å². The van der Waals surface area contributed by atoms with Gasteiger partial charge in [-0.3, -0.25) is 9.59 Å². The summed E-state index contributed by atoms with van der Waals surface area (Å²) in [5.74, 6) is 0.0554. The first-order valence-electron chi connectivity index (χ1n) is 8.48. The lowest BCUT2D eigenvalue weighted by Crippen LogP contribution is -2.40. The number of ketones is 1. The molecule has 2 aromatic carbocycles. The van der Waals surface area contributed by atoms with Gasteiger partial charge in [0, 0.05) is 30.0 Å². The van der Waals surface area contributed by atoms with E-state index in [1.54, 1.807) is 0 Å². The maximum Gasteiger partial charge on any atom is 0.225 e. The third-order valence-corrected chi connectivity index (χ3v) is 5.15. The first-order valence-corrected chi connectivity index (χ1v) is 8.48. The Morgan fingerprint density at radius 1 is 1.00 bits per heavy atom. The van der Waals surface area contributed by atoms with Crippen LogP contribution in [-0.4, -0.2) is 11.7 Å². The Bertz CT molecular complexity index is 886. The number of benzene rings is 2. The fraction of sp³-hybridized carbons (Fsp3) is 0.333. The van der Waals surface area contributed by atoms with Crippen molar-refractivity contribution in [2.24, 2.45) is 5.41 Å². The predicted octanol–water partition coefficient (Wildman–Crippen LogP) is 4.09. The summed E-state index contributed by atoms with van der Waals surface area (Å²) in [4.78, 5) is 25.2. The van der Waals surface area contributed by atoms with Crippen LogP contribution in [-0.2, 0) is 9.59 Å². The summed E-state index contributed by atoms with van der Waals surface area (Å²) in [5.41, 5.74) is 2.66. The number of Topliss-reactive ketones (excluding diaryl/α,β-unsaturated/α-hetero) is 1. The van der Waals surface area contributed by atoms with E-state index in [9.17, 15) is 9.59 Å². The molecule has 122 valence electrons. The Balaban J connectivity index is 1.90. The summed E-state index contributed by atoms with van der Waals surface area (Å²) < 4.78 is 0. The zero-order valence-electron chi connectivity index (χ0n) is 14.1. The topological polar surface area (TPSA) is 46.2 Å². The Morgan fingerprint density at radius 2 is 1.75 bits per heavy atom. The van der Waals surface area contributed by atoms with Gasteiger partial charge in [-0.2, -0.15) is 0 Å². The molecule has 0 bridgehead atoms. The molecule has 1 aliphatic heterocycles. The highest BCUT2D eigenvalue weighted by atomic mass is 16.2. The molecular formula is C21H21NO2. The first-order chi connectivity index (χ1) is 11.4. The van der Waals surface area contributed by atoms with Crippen molar-refractivity contribution in [3.8, 4) is 0 Å². The average Bonchev–Trinajstić information content (AvgIpc) is 2.52. The molecule has 2 aromatic rings. The minimum Gasteiger partial charge on any atom is -0.329 e. The molecule has 1 amide bonds. The number of hydrogen-bond donors (Lipinski definition) is 1. The largest absolute Gasteiger partial charge is 0.329 e. The summed E-state index contributed by atoms with van der Waals surface area (Å²) in [6, 6.07) is 14.3. The lowest BCUT2D eigenvalue weighted by Gasteiger charge is -2.38. The van der Waals surface area contributed by atoms with E-state index in [4.69, 9.17) is 0 Å². The molecule has 3 heteroatoms. The van der Waals surface area contributed by atoms with Gasteiger partial charge in [-0.1, -0.05) is 56.3 Å². The van der Waals surface area contributed by atoms with Crippen molar-refractivity contribution >= 4 is 22.5 Å². The molecule has 2 aliphatic rings. The zero-order valence-corrected chi connectivity index (χ0v) is 14.1. The molecule has 1 unspecified atom stereocenters. The molecule has 4 rings (SSSR count). The van der Waals surface area contributed by atoms with E-state index in [2.05, 4.69) is 43.4 Å². The Kier molecular flexibility index (Phi) is 3.34. The average molecular weight is 319 g/mol. The molecule has 1 N–H and O–H groups in total. The van der Waals surface area contributed by atoms with Gasteiger partial charge in [-0.05, 0) is 28.2 Å². The van der Waals surface area contributed by atoms with Crippen molar-refractivity contribution in [2.45, 2.75) is 39.0 Å². The maximum atomic E-state index is 12.9. The SMILES string of the molecule is CC1(C)CC(=O)C2=C(C1)NC(=O)CC2c1cccc2ccccc12. The summed E-state index contributed by atoms with van der Waals surface area (Å²) >= 11 is 0. The number of fused-ring (bicyclic) bond motifs is 1. The molecular weight excluding hydrogens is 298 g/mol. The lowest BCUT2D eigenvalue weighted by molar-refractivity contribution is -0.122. The second kappa shape index (κ2) is 5.30. The van der Waals surface area contributed by atoms with Crippen LogP contribution in [0.5, 0.6) is 0 Å². The number of carbonyl (C=O) groups is 2. The van der Waals surface area contributed by atoms with E-state index in [0.717, 1.165) is 34.0 Å². The van der Waals surface area contributed by atoms with Crippen LogP contribution in [0.25, 0.3) is 10.8 Å². The summed E-state index contributed by atoms with van der Waals surface area (Å²) in [6.07, 6.45) is 1.64. The van der Waals surface area contributed by atoms with Crippen LogP contribution in [0.15, 0.2) is 53.7 Å². The van der Waals surface area contributed by atoms with Crippen molar-refractivity contribution in [3.05, 3.63) is 59.3 Å². The summed E-state index contributed by atoms with van der Waals surface area (Å²) in [6.45, 7) is 4.17. The van der Waals surface area contributed by atoms with E-state index in [1.165, 1.54) is 0 Å². The van der Waals surface area contributed by atoms with Gasteiger partial charge in [0.25, 0.3) is 0 Å². The van der Waals surface area contributed by atoms with E-state index < -0.39 is 0 Å². The Labute approximate surface area is 141 Å². The smallest absolute Gasteiger partial charge is 0.225 e. The number of amides is 1. The third-order valence-electron chi connectivity index (χ3n) is 5.15. The second-order valence-electron chi connectivity index (χ2n) is 7.71. The minimum absolute atomic E-state index is 0.0113. The normalized spacial score (nSPS) is 23.2. The molecule has 1 atom stereocenters. The minimum atomic E-state index is -0.136. The van der Waals surface area contributed by atoms with Crippen molar-refractivity contribution < 1.29 is 9.59 Å². The van der Waals surface area contributed by atoms with Crippen LogP contribution in [0.2, 0.25) is 0 Å². The third kappa shape index (κ3) is 2.44. The highest BCUT2D eigenvalue weighted by molar-refractivity contribution is 6.03. The molecule has 0 saturated carbocycles. The van der Waals surface area contributed by atoms with Crippen LogP contribution in [0.1, 0.15) is 44.6 Å². The molecule has 0 fully saturated rings. The number of allylic oxidation sites excluding steroid dienone is 2. The number of carbonyl (C=O) groups excluding carboxylic acids is 2. The molecule has 0 aromatic heterocycles. The maximum absolute atomic E-state index is 12.9. The van der Waals surface area contributed by atoms with Gasteiger partial charge in [-0.15, -0.1) is 0 Å². The second-order valence-corrected chi connectivity index (χ2v) is 7.71. The zero-order chi connectivity index (χ0) is 16.9. The van der Waals surface area contributed by atoms with Crippen LogP contribution >= 0.6 is 0 Å². The number of rotatable bonds is 1. The molecule has 24 heavy (non-hydrogen) atoms. The van der Waals surface area contributed by atoms with Crippen LogP contribution < -0.4 is 5.32 Å². The fourth-order valence-corrected chi connectivity index (χ4v) is 4.18. The number of nitrogens with one attached hydrogen (secondary N) is 1. The van der Waals surface area contributed by atoms with E-state index in [-0.39, 0.29) is 23.0 Å². The summed E-state index contributed by atoms with van der Waals surface area (Å²) in [5, 5.41) is 5.25. The first kappa shape index (κ1) is 15.1. The molecule has 1 aliphatic carbocycles. The van der Waals surface area contributed by atoms with E-state index in [1.807, 2.05) is 18.2 Å². The highest BCUT2D eigenvalue weighted by Gasteiger charge is 2.40. The van der Waals surface area contributed by atoms with Gasteiger partial charge in [0.05, 0.1) is 0 Å². The molecule has 3 nitrogen and oxygen atoms in total. The van der Waals surface area contributed by atoms with Crippen molar-refractivity contribution in [1.29, 1.82) is 0 Å². The predicted molar refractivity (Wildman–Crippen MR) is 94.5 cm³/mol. The Hall–Kier alpha value is -2.42. The number of hydrogen-bond acceptors (Lipinski definition) is 2. The highest BCUT2D eigenvalue weighted by Crippen LogP contribution is 2.45. The summed E-state index contributed by atoms with van der Waals surface area (Å²) in [7, 11) is 0.